The lowest BCUT2D eigenvalue weighted by Crippen LogP contribution is -2.05. The number of carbonyl (C=O) groups is 1. The minimum Gasteiger partial charge on any atom is -0.399 e. The number of nitrogen functional groups attached to an aromatic ring is 1. The lowest BCUT2D eigenvalue weighted by atomic mass is 10.0. The van der Waals surface area contributed by atoms with E-state index in [0.29, 0.717) is 20.2 Å². The lowest BCUT2D eigenvalue weighted by Gasteiger charge is -2.06. The van der Waals surface area contributed by atoms with Gasteiger partial charge < -0.3 is 5.73 Å². The van der Waals surface area contributed by atoms with Crippen LogP contribution in [0, 0.1) is 5.82 Å². The zero-order valence-corrected chi connectivity index (χ0v) is 12.3. The summed E-state index contributed by atoms with van der Waals surface area (Å²) in [5, 5.41) is 0. The van der Waals surface area contributed by atoms with E-state index in [-0.39, 0.29) is 11.3 Å². The molecule has 18 heavy (non-hydrogen) atoms. The van der Waals surface area contributed by atoms with Gasteiger partial charge in [-0.25, -0.2) is 4.39 Å². The van der Waals surface area contributed by atoms with Crippen LogP contribution in [0.25, 0.3) is 0 Å². The number of halogens is 3. The molecule has 0 saturated carbocycles. The van der Waals surface area contributed by atoms with Gasteiger partial charge in [0, 0.05) is 20.2 Å². The van der Waals surface area contributed by atoms with Crippen LogP contribution >= 0.6 is 31.9 Å². The van der Waals surface area contributed by atoms with Crippen molar-refractivity contribution in [3.8, 4) is 0 Å². The van der Waals surface area contributed by atoms with Crippen LogP contribution in [0.3, 0.4) is 0 Å². The Hall–Kier alpha value is -1.20. The minimum absolute atomic E-state index is 0.0312. The van der Waals surface area contributed by atoms with Gasteiger partial charge in [0.05, 0.1) is 5.56 Å². The molecule has 0 heterocycles. The zero-order chi connectivity index (χ0) is 13.3. The maximum absolute atomic E-state index is 13.7. The van der Waals surface area contributed by atoms with Crippen molar-refractivity contribution in [1.29, 1.82) is 0 Å². The van der Waals surface area contributed by atoms with Gasteiger partial charge in [0.25, 0.3) is 0 Å². The van der Waals surface area contributed by atoms with Gasteiger partial charge in [0.15, 0.2) is 5.78 Å². The molecule has 2 aromatic rings. The molecule has 0 saturated heterocycles. The van der Waals surface area contributed by atoms with Gasteiger partial charge in [0.1, 0.15) is 5.82 Å². The molecule has 0 atom stereocenters. The average molecular weight is 373 g/mol. The summed E-state index contributed by atoms with van der Waals surface area (Å²) >= 11 is 6.40. The van der Waals surface area contributed by atoms with E-state index in [0.717, 1.165) is 0 Å². The molecule has 2 nitrogen and oxygen atoms in total. The Kier molecular flexibility index (Phi) is 3.82. The number of ketones is 1. The maximum atomic E-state index is 13.7. The molecule has 0 aliphatic rings. The van der Waals surface area contributed by atoms with Crippen molar-refractivity contribution < 1.29 is 9.18 Å². The number of hydrogen-bond acceptors (Lipinski definition) is 2. The number of carbonyl (C=O) groups excluding carboxylic acids is 1. The average Bonchev–Trinajstić information content (AvgIpc) is 2.28. The second-order valence-corrected chi connectivity index (χ2v) is 5.46. The number of rotatable bonds is 2. The van der Waals surface area contributed by atoms with Crippen molar-refractivity contribution >= 4 is 43.3 Å². The Labute approximate surface area is 120 Å². The van der Waals surface area contributed by atoms with E-state index in [4.69, 9.17) is 5.73 Å². The van der Waals surface area contributed by atoms with E-state index in [1.54, 1.807) is 24.3 Å². The first-order valence-electron chi connectivity index (χ1n) is 5.04. The maximum Gasteiger partial charge on any atom is 0.197 e. The quantitative estimate of drug-likeness (QED) is 0.635. The molecule has 0 radical (unpaired) electrons. The number of nitrogens with two attached hydrogens (primary N) is 1. The minimum atomic E-state index is -0.557. The van der Waals surface area contributed by atoms with Gasteiger partial charge in [-0.15, -0.1) is 0 Å². The predicted molar refractivity (Wildman–Crippen MR) is 76.1 cm³/mol. The van der Waals surface area contributed by atoms with Gasteiger partial charge in [-0.1, -0.05) is 15.9 Å². The van der Waals surface area contributed by atoms with E-state index in [1.807, 2.05) is 0 Å². The lowest BCUT2D eigenvalue weighted by molar-refractivity contribution is 0.103. The second-order valence-electron chi connectivity index (χ2n) is 3.69. The van der Waals surface area contributed by atoms with Gasteiger partial charge >= 0.3 is 0 Å². The fourth-order valence-electron chi connectivity index (χ4n) is 1.53. The zero-order valence-electron chi connectivity index (χ0n) is 9.08. The van der Waals surface area contributed by atoms with E-state index in [2.05, 4.69) is 31.9 Å². The van der Waals surface area contributed by atoms with Crippen LogP contribution in [0.15, 0.2) is 45.3 Å². The third-order valence-electron chi connectivity index (χ3n) is 2.41. The summed E-state index contributed by atoms with van der Waals surface area (Å²) in [5.74, 6) is -0.940. The molecule has 5 heteroatoms. The molecule has 0 spiro atoms. The summed E-state index contributed by atoms with van der Waals surface area (Å²) < 4.78 is 14.8. The van der Waals surface area contributed by atoms with Gasteiger partial charge in [-0.3, -0.25) is 4.79 Å². The highest BCUT2D eigenvalue weighted by Gasteiger charge is 2.16. The van der Waals surface area contributed by atoms with Crippen LogP contribution in [0.2, 0.25) is 0 Å². The van der Waals surface area contributed by atoms with Crippen molar-refractivity contribution in [3.05, 3.63) is 62.3 Å². The van der Waals surface area contributed by atoms with Crippen LogP contribution in [-0.2, 0) is 0 Å². The molecular formula is C13H8Br2FNO. The third-order valence-corrected chi connectivity index (χ3v) is 3.56. The summed E-state index contributed by atoms with van der Waals surface area (Å²) in [6.07, 6.45) is 0. The molecule has 0 bridgehead atoms. The molecular weight excluding hydrogens is 365 g/mol. The van der Waals surface area contributed by atoms with Crippen LogP contribution in [0.5, 0.6) is 0 Å². The number of anilines is 1. The Morgan fingerprint density at radius 3 is 2.33 bits per heavy atom. The van der Waals surface area contributed by atoms with Crippen LogP contribution in [-0.4, -0.2) is 5.78 Å². The fraction of sp³-hybridized carbons (Fsp3) is 0. The summed E-state index contributed by atoms with van der Waals surface area (Å²) in [6.45, 7) is 0. The Bertz CT molecular complexity index is 575. The molecule has 0 aliphatic carbocycles. The van der Waals surface area contributed by atoms with Crippen molar-refractivity contribution in [2.75, 3.05) is 5.73 Å². The highest BCUT2D eigenvalue weighted by molar-refractivity contribution is 9.10. The number of hydrogen-bond donors (Lipinski definition) is 1. The smallest absolute Gasteiger partial charge is 0.197 e. The van der Waals surface area contributed by atoms with Gasteiger partial charge in [-0.2, -0.15) is 0 Å². The van der Waals surface area contributed by atoms with Crippen molar-refractivity contribution in [3.63, 3.8) is 0 Å². The first-order chi connectivity index (χ1) is 8.49. The predicted octanol–water partition coefficient (Wildman–Crippen LogP) is 4.16. The van der Waals surface area contributed by atoms with Crippen molar-refractivity contribution in [2.24, 2.45) is 0 Å². The fourth-order valence-corrected chi connectivity index (χ4v) is 2.44. The van der Waals surface area contributed by atoms with E-state index < -0.39 is 5.82 Å². The Balaban J connectivity index is 2.48. The largest absolute Gasteiger partial charge is 0.399 e. The summed E-state index contributed by atoms with van der Waals surface area (Å²) in [6, 6.07) is 9.13. The highest BCUT2D eigenvalue weighted by Crippen LogP contribution is 2.24. The number of benzene rings is 2. The summed E-state index contributed by atoms with van der Waals surface area (Å²) in [4.78, 5) is 12.2. The monoisotopic (exact) mass is 371 g/mol. The third kappa shape index (κ3) is 2.62. The first-order valence-corrected chi connectivity index (χ1v) is 6.62. The van der Waals surface area contributed by atoms with E-state index in [9.17, 15) is 9.18 Å². The van der Waals surface area contributed by atoms with Crippen LogP contribution in [0.4, 0.5) is 10.1 Å². The molecule has 0 unspecified atom stereocenters. The van der Waals surface area contributed by atoms with Gasteiger partial charge in [0.2, 0.25) is 0 Å². The van der Waals surface area contributed by atoms with Crippen molar-refractivity contribution in [1.82, 2.24) is 0 Å². The van der Waals surface area contributed by atoms with E-state index in [1.165, 1.54) is 12.1 Å². The Morgan fingerprint density at radius 1 is 1.06 bits per heavy atom. The van der Waals surface area contributed by atoms with E-state index >= 15 is 0 Å². The molecule has 92 valence electrons. The molecule has 0 aliphatic heterocycles. The molecule has 0 amide bonds. The summed E-state index contributed by atoms with van der Waals surface area (Å²) in [5.41, 5.74) is 6.54. The summed E-state index contributed by atoms with van der Waals surface area (Å²) in [7, 11) is 0. The molecule has 2 aromatic carbocycles. The molecule has 0 aromatic heterocycles. The normalized spacial score (nSPS) is 10.4. The van der Waals surface area contributed by atoms with Crippen LogP contribution < -0.4 is 5.73 Å². The first kappa shape index (κ1) is 13.2. The van der Waals surface area contributed by atoms with Crippen molar-refractivity contribution in [2.45, 2.75) is 0 Å². The SMILES string of the molecule is Nc1ccc(C(=O)c2ccc(Br)cc2F)c(Br)c1. The van der Waals surface area contributed by atoms with Crippen LogP contribution in [0.1, 0.15) is 15.9 Å². The highest BCUT2D eigenvalue weighted by atomic mass is 79.9. The second kappa shape index (κ2) is 5.20. The molecule has 2 rings (SSSR count). The molecule has 0 fully saturated rings. The topological polar surface area (TPSA) is 43.1 Å². The Morgan fingerprint density at radius 2 is 1.72 bits per heavy atom. The molecule has 2 N–H and O–H groups in total. The van der Waals surface area contributed by atoms with Gasteiger partial charge in [-0.05, 0) is 52.3 Å². The standard InChI is InChI=1S/C13H8Br2FNO/c14-7-1-3-10(12(16)5-7)13(18)9-4-2-8(17)6-11(9)15/h1-6H,17H2.